The molecule has 82 valence electrons. The maximum atomic E-state index is 5.37. The van der Waals surface area contributed by atoms with Crippen molar-refractivity contribution in [2.24, 2.45) is 0 Å². The Kier molecular flexibility index (Phi) is 4.32. The van der Waals surface area contributed by atoms with E-state index in [9.17, 15) is 0 Å². The number of rotatable bonds is 5. The van der Waals surface area contributed by atoms with Crippen LogP contribution in [-0.4, -0.2) is 31.3 Å². The minimum atomic E-state index is 0.795. The molecule has 1 aromatic rings. The molecule has 0 saturated carbocycles. The lowest BCUT2D eigenvalue weighted by Crippen LogP contribution is -2.23. The van der Waals surface area contributed by atoms with Gasteiger partial charge in [-0.25, -0.2) is 4.98 Å². The second kappa shape index (κ2) is 6.00. The van der Waals surface area contributed by atoms with Gasteiger partial charge in [-0.1, -0.05) is 6.08 Å². The lowest BCUT2D eigenvalue weighted by molar-refractivity contribution is 0.149. The van der Waals surface area contributed by atoms with E-state index >= 15 is 0 Å². The highest BCUT2D eigenvalue weighted by Crippen LogP contribution is 2.04. The molecule has 0 unspecified atom stereocenters. The first-order valence-corrected chi connectivity index (χ1v) is 6.23. The number of hydrogen-bond acceptors (Lipinski definition) is 4. The summed E-state index contributed by atoms with van der Waals surface area (Å²) in [6.45, 7) is 3.61. The molecule has 0 aromatic carbocycles. The number of ether oxygens (including phenoxy) is 1. The van der Waals surface area contributed by atoms with Crippen molar-refractivity contribution >= 4 is 11.3 Å². The van der Waals surface area contributed by atoms with Crippen molar-refractivity contribution in [3.63, 3.8) is 0 Å². The van der Waals surface area contributed by atoms with Crippen LogP contribution in [0, 0.1) is 0 Å². The topological polar surface area (TPSA) is 34.2 Å². The van der Waals surface area contributed by atoms with Gasteiger partial charge in [0.2, 0.25) is 0 Å². The average Bonchev–Trinajstić information content (AvgIpc) is 2.79. The highest BCUT2D eigenvalue weighted by atomic mass is 32.1. The van der Waals surface area contributed by atoms with Crippen LogP contribution in [0.25, 0.3) is 0 Å². The average molecular weight is 224 g/mol. The molecule has 0 amide bonds. The molecule has 0 fully saturated rings. The van der Waals surface area contributed by atoms with E-state index in [1.807, 2.05) is 5.51 Å². The molecule has 15 heavy (non-hydrogen) atoms. The van der Waals surface area contributed by atoms with Gasteiger partial charge in [-0.3, -0.25) is 0 Å². The molecule has 0 atom stereocenters. The Morgan fingerprint density at radius 1 is 1.53 bits per heavy atom. The van der Waals surface area contributed by atoms with Gasteiger partial charge >= 0.3 is 0 Å². The summed E-state index contributed by atoms with van der Waals surface area (Å²) in [4.78, 5) is 4.24. The number of thiazole rings is 1. The highest BCUT2D eigenvalue weighted by Gasteiger charge is 2.02. The van der Waals surface area contributed by atoms with Crippen LogP contribution < -0.4 is 5.32 Å². The van der Waals surface area contributed by atoms with Gasteiger partial charge in [0.25, 0.3) is 0 Å². The van der Waals surface area contributed by atoms with Gasteiger partial charge in [-0.2, -0.15) is 0 Å². The molecule has 1 aromatic heterocycles. The zero-order chi connectivity index (χ0) is 10.3. The third-order valence-electron chi connectivity index (χ3n) is 2.38. The molecule has 1 aliphatic heterocycles. The highest BCUT2D eigenvalue weighted by molar-refractivity contribution is 7.07. The number of hydrogen-bond donors (Lipinski definition) is 1. The molecule has 0 bridgehead atoms. The molecule has 0 saturated heterocycles. The molecular weight excluding hydrogens is 208 g/mol. The van der Waals surface area contributed by atoms with Crippen LogP contribution in [0.5, 0.6) is 0 Å². The first kappa shape index (κ1) is 10.8. The fourth-order valence-electron chi connectivity index (χ4n) is 1.56. The van der Waals surface area contributed by atoms with E-state index in [0.29, 0.717) is 0 Å². The SMILES string of the molecule is C1=C(CNCCc2cscn2)COCC1. The molecule has 2 rings (SSSR count). The van der Waals surface area contributed by atoms with Crippen molar-refractivity contribution in [1.82, 2.24) is 10.3 Å². The zero-order valence-electron chi connectivity index (χ0n) is 8.74. The van der Waals surface area contributed by atoms with Crippen LogP contribution in [-0.2, 0) is 11.2 Å². The van der Waals surface area contributed by atoms with Gasteiger partial charge in [0.1, 0.15) is 0 Å². The smallest absolute Gasteiger partial charge is 0.0794 e. The van der Waals surface area contributed by atoms with Crippen molar-refractivity contribution in [1.29, 1.82) is 0 Å². The van der Waals surface area contributed by atoms with E-state index in [-0.39, 0.29) is 0 Å². The maximum Gasteiger partial charge on any atom is 0.0794 e. The molecule has 2 heterocycles. The van der Waals surface area contributed by atoms with Gasteiger partial charge in [-0.05, 0) is 12.0 Å². The van der Waals surface area contributed by atoms with Crippen LogP contribution in [0.2, 0.25) is 0 Å². The molecule has 0 radical (unpaired) electrons. The second-order valence-electron chi connectivity index (χ2n) is 3.61. The van der Waals surface area contributed by atoms with Crippen LogP contribution in [0.15, 0.2) is 22.5 Å². The number of nitrogens with one attached hydrogen (secondary N) is 1. The van der Waals surface area contributed by atoms with Crippen molar-refractivity contribution in [2.45, 2.75) is 12.8 Å². The van der Waals surface area contributed by atoms with Gasteiger partial charge in [0.05, 0.1) is 24.4 Å². The fraction of sp³-hybridized carbons (Fsp3) is 0.545. The first-order valence-electron chi connectivity index (χ1n) is 5.28. The Balaban J connectivity index is 1.60. The van der Waals surface area contributed by atoms with E-state index in [2.05, 4.69) is 21.8 Å². The Hall–Kier alpha value is -0.710. The van der Waals surface area contributed by atoms with Crippen LogP contribution in [0.3, 0.4) is 0 Å². The summed E-state index contributed by atoms with van der Waals surface area (Å²) < 4.78 is 5.37. The first-order chi connectivity index (χ1) is 7.45. The minimum absolute atomic E-state index is 0.795. The standard InChI is InChI=1S/C11H16N2OS/c1-2-10(7-14-5-1)6-12-4-3-11-8-15-9-13-11/h2,8-9,12H,1,3-7H2. The van der Waals surface area contributed by atoms with E-state index < -0.39 is 0 Å². The molecule has 0 aliphatic carbocycles. The van der Waals surface area contributed by atoms with Gasteiger partial charge in [0, 0.05) is 24.9 Å². The molecule has 1 N–H and O–H groups in total. The summed E-state index contributed by atoms with van der Waals surface area (Å²) in [5, 5.41) is 5.51. The van der Waals surface area contributed by atoms with Gasteiger partial charge in [0.15, 0.2) is 0 Å². The molecule has 4 heteroatoms. The summed E-state index contributed by atoms with van der Waals surface area (Å²) in [7, 11) is 0. The minimum Gasteiger partial charge on any atom is -0.377 e. The predicted molar refractivity (Wildman–Crippen MR) is 62.2 cm³/mol. The maximum absolute atomic E-state index is 5.37. The Morgan fingerprint density at radius 2 is 2.53 bits per heavy atom. The molecular formula is C11H16N2OS. The fourth-order valence-corrected chi connectivity index (χ4v) is 2.15. The van der Waals surface area contributed by atoms with Crippen LogP contribution in [0.4, 0.5) is 0 Å². The summed E-state index contributed by atoms with van der Waals surface area (Å²) in [5.74, 6) is 0. The van der Waals surface area contributed by atoms with E-state index in [1.54, 1.807) is 11.3 Å². The lowest BCUT2D eigenvalue weighted by Gasteiger charge is -2.13. The second-order valence-corrected chi connectivity index (χ2v) is 4.33. The van der Waals surface area contributed by atoms with E-state index in [4.69, 9.17) is 4.74 Å². The Bertz CT molecular complexity index is 308. The lowest BCUT2D eigenvalue weighted by atomic mass is 10.2. The summed E-state index contributed by atoms with van der Waals surface area (Å²) in [6, 6.07) is 0. The van der Waals surface area contributed by atoms with Gasteiger partial charge < -0.3 is 10.1 Å². The van der Waals surface area contributed by atoms with Crippen LogP contribution in [0.1, 0.15) is 12.1 Å². The monoisotopic (exact) mass is 224 g/mol. The zero-order valence-corrected chi connectivity index (χ0v) is 9.55. The summed E-state index contributed by atoms with van der Waals surface area (Å²) in [5.41, 5.74) is 4.44. The summed E-state index contributed by atoms with van der Waals surface area (Å²) >= 11 is 1.66. The molecule has 1 aliphatic rings. The number of nitrogens with zero attached hydrogens (tertiary/aromatic N) is 1. The third-order valence-corrected chi connectivity index (χ3v) is 3.01. The third kappa shape index (κ3) is 3.74. The van der Waals surface area contributed by atoms with E-state index in [0.717, 1.165) is 39.1 Å². The quantitative estimate of drug-likeness (QED) is 0.609. The van der Waals surface area contributed by atoms with E-state index in [1.165, 1.54) is 11.3 Å². The van der Waals surface area contributed by atoms with Gasteiger partial charge in [-0.15, -0.1) is 11.3 Å². The number of aromatic nitrogens is 1. The normalized spacial score (nSPS) is 16.4. The Labute approximate surface area is 94.2 Å². The van der Waals surface area contributed by atoms with Crippen molar-refractivity contribution in [3.05, 3.63) is 28.2 Å². The molecule has 3 nitrogen and oxygen atoms in total. The van der Waals surface area contributed by atoms with Crippen LogP contribution >= 0.6 is 11.3 Å². The Morgan fingerprint density at radius 3 is 3.27 bits per heavy atom. The molecule has 0 spiro atoms. The van der Waals surface area contributed by atoms with Crippen molar-refractivity contribution < 1.29 is 4.74 Å². The summed E-state index contributed by atoms with van der Waals surface area (Å²) in [6.07, 6.45) is 4.35. The predicted octanol–water partition coefficient (Wildman–Crippen LogP) is 1.62. The van der Waals surface area contributed by atoms with Crippen molar-refractivity contribution in [3.8, 4) is 0 Å². The van der Waals surface area contributed by atoms with Crippen molar-refractivity contribution in [2.75, 3.05) is 26.3 Å². The largest absolute Gasteiger partial charge is 0.377 e.